The molecule has 1 heterocycles. The van der Waals surface area contributed by atoms with E-state index in [9.17, 15) is 0 Å². The fourth-order valence-electron chi connectivity index (χ4n) is 2.02. The number of rotatable bonds is 1. The first kappa shape index (κ1) is 13.0. The second-order valence-corrected chi connectivity index (χ2v) is 5.59. The van der Waals surface area contributed by atoms with Crippen LogP contribution in [-0.4, -0.2) is 16.7 Å². The van der Waals surface area contributed by atoms with Crippen LogP contribution in [0.4, 0.5) is 0 Å². The molecule has 0 amide bonds. The molecule has 2 aromatic carbocycles. The van der Waals surface area contributed by atoms with Gasteiger partial charge in [-0.1, -0.05) is 41.7 Å². The van der Waals surface area contributed by atoms with Crippen LogP contribution in [0.5, 0.6) is 0 Å². The predicted molar refractivity (Wildman–Crippen MR) is 88.4 cm³/mol. The fraction of sp³-hybridized carbons (Fsp3) is 0.0667. The first-order chi connectivity index (χ1) is 9.79. The number of nitrogens with zero attached hydrogens (tertiary/aromatic N) is 2. The second kappa shape index (κ2) is 5.56. The summed E-state index contributed by atoms with van der Waals surface area (Å²) in [5.74, 6) is 0. The molecule has 20 heavy (non-hydrogen) atoms. The Kier molecular flexibility index (Phi) is 3.62. The van der Waals surface area contributed by atoms with Crippen molar-refractivity contribution in [2.24, 2.45) is 4.99 Å². The van der Waals surface area contributed by atoms with Crippen LogP contribution in [0.3, 0.4) is 0 Å². The highest BCUT2D eigenvalue weighted by molar-refractivity contribution is 7.80. The van der Waals surface area contributed by atoms with E-state index in [1.807, 2.05) is 30.3 Å². The number of hydrogen-bond acceptors (Lipinski definition) is 2. The van der Waals surface area contributed by atoms with Crippen LogP contribution in [0, 0.1) is 0 Å². The van der Waals surface area contributed by atoms with Crippen LogP contribution in [0.15, 0.2) is 59.6 Å². The van der Waals surface area contributed by atoms with Crippen molar-refractivity contribution in [3.63, 3.8) is 0 Å². The Morgan fingerprint density at radius 2 is 1.80 bits per heavy atom. The highest BCUT2D eigenvalue weighted by atomic mass is 32.1. The van der Waals surface area contributed by atoms with Crippen molar-refractivity contribution >= 4 is 38.9 Å². The molecule has 0 aliphatic heterocycles. The molecule has 0 fully saturated rings. The third kappa shape index (κ3) is 2.37. The summed E-state index contributed by atoms with van der Waals surface area (Å²) < 4.78 is 3.32. The third-order valence-electron chi connectivity index (χ3n) is 2.92. The van der Waals surface area contributed by atoms with E-state index >= 15 is 0 Å². The zero-order chi connectivity index (χ0) is 13.9. The Labute approximate surface area is 126 Å². The van der Waals surface area contributed by atoms with Crippen molar-refractivity contribution < 1.29 is 0 Å². The molecule has 1 aromatic heterocycles. The molecule has 0 radical (unpaired) electrons. The molecule has 100 valence electrons. The summed E-state index contributed by atoms with van der Waals surface area (Å²) in [6.07, 6.45) is 0. The molecule has 0 bridgehead atoms. The zero-order valence-electron chi connectivity index (χ0n) is 10.9. The van der Waals surface area contributed by atoms with Gasteiger partial charge in [-0.3, -0.25) is 4.57 Å². The molecule has 3 aromatic rings. The van der Waals surface area contributed by atoms with Crippen molar-refractivity contribution in [3.05, 3.63) is 59.4 Å². The number of nitrogens with one attached hydrogen (secondary N) is 1. The average molecular weight is 299 g/mol. The molecule has 3 nitrogen and oxygen atoms in total. The number of thiazole rings is 1. The largest absolute Gasteiger partial charge is 0.364 e. The van der Waals surface area contributed by atoms with Crippen molar-refractivity contribution in [1.82, 2.24) is 9.88 Å². The van der Waals surface area contributed by atoms with Crippen molar-refractivity contribution in [1.29, 1.82) is 0 Å². The molecule has 5 heteroatoms. The Morgan fingerprint density at radius 3 is 2.55 bits per heavy atom. The maximum atomic E-state index is 5.17. The zero-order valence-corrected chi connectivity index (χ0v) is 12.5. The van der Waals surface area contributed by atoms with Crippen LogP contribution in [0.1, 0.15) is 0 Å². The lowest BCUT2D eigenvalue weighted by atomic mass is 10.3. The number of benzene rings is 2. The summed E-state index contributed by atoms with van der Waals surface area (Å²) in [7, 11) is 1.78. The summed E-state index contributed by atoms with van der Waals surface area (Å²) >= 11 is 6.80. The molecule has 0 unspecified atom stereocenters. The van der Waals surface area contributed by atoms with Gasteiger partial charge in [0.2, 0.25) is 0 Å². The minimum absolute atomic E-state index is 0.487. The monoisotopic (exact) mass is 299 g/mol. The summed E-state index contributed by atoms with van der Waals surface area (Å²) in [5, 5.41) is 3.38. The Morgan fingerprint density at radius 1 is 1.10 bits per heavy atom. The Hall–Kier alpha value is -1.98. The van der Waals surface area contributed by atoms with Gasteiger partial charge >= 0.3 is 0 Å². The molecule has 3 rings (SSSR count). The van der Waals surface area contributed by atoms with E-state index in [0.29, 0.717) is 5.11 Å². The van der Waals surface area contributed by atoms with E-state index in [0.717, 1.165) is 16.0 Å². The standard InChI is InChI=1S/C15H13N3S2/c1-16-14(19)17-15-18(11-7-3-2-4-8-11)12-9-5-6-10-13(12)20-15/h2-10H,1H3,(H,16,19)/b17-15-. The van der Waals surface area contributed by atoms with E-state index < -0.39 is 0 Å². The van der Waals surface area contributed by atoms with Gasteiger partial charge in [0, 0.05) is 12.7 Å². The van der Waals surface area contributed by atoms with Crippen LogP contribution in [-0.2, 0) is 0 Å². The van der Waals surface area contributed by atoms with Crippen molar-refractivity contribution in [3.8, 4) is 5.69 Å². The van der Waals surface area contributed by atoms with Gasteiger partial charge < -0.3 is 5.32 Å². The lowest BCUT2D eigenvalue weighted by Gasteiger charge is -2.04. The van der Waals surface area contributed by atoms with E-state index in [1.165, 1.54) is 4.70 Å². The first-order valence-corrected chi connectivity index (χ1v) is 7.44. The second-order valence-electron chi connectivity index (χ2n) is 4.19. The number of thiocarbonyl (C=S) groups is 1. The van der Waals surface area contributed by atoms with Crippen LogP contribution in [0.25, 0.3) is 15.9 Å². The summed E-state index contributed by atoms with van der Waals surface area (Å²) in [6.45, 7) is 0. The van der Waals surface area contributed by atoms with Crippen LogP contribution < -0.4 is 10.1 Å². The summed E-state index contributed by atoms with van der Waals surface area (Å²) in [4.78, 5) is 5.36. The third-order valence-corrected chi connectivity index (χ3v) is 4.24. The normalized spacial score (nSPS) is 11.8. The first-order valence-electron chi connectivity index (χ1n) is 6.22. The van der Waals surface area contributed by atoms with E-state index in [4.69, 9.17) is 12.2 Å². The van der Waals surface area contributed by atoms with E-state index in [2.05, 4.69) is 39.1 Å². The van der Waals surface area contributed by atoms with Gasteiger partial charge in [-0.15, -0.1) is 0 Å². The van der Waals surface area contributed by atoms with Crippen LogP contribution in [0.2, 0.25) is 0 Å². The molecule has 0 aliphatic rings. The van der Waals surface area contributed by atoms with Gasteiger partial charge in [-0.25, -0.2) is 0 Å². The number of para-hydroxylation sites is 2. The molecule has 0 atom stereocenters. The van der Waals surface area contributed by atoms with Gasteiger partial charge in [0.25, 0.3) is 0 Å². The lowest BCUT2D eigenvalue weighted by molar-refractivity contribution is 1.04. The molecule has 0 saturated carbocycles. The molecule has 0 aliphatic carbocycles. The van der Waals surface area contributed by atoms with E-state index in [1.54, 1.807) is 18.4 Å². The average Bonchev–Trinajstić information content (AvgIpc) is 2.85. The number of fused-ring (bicyclic) bond motifs is 1. The van der Waals surface area contributed by atoms with Crippen molar-refractivity contribution in [2.75, 3.05) is 7.05 Å². The quantitative estimate of drug-likeness (QED) is 0.700. The van der Waals surface area contributed by atoms with Gasteiger partial charge in [0.15, 0.2) is 9.91 Å². The van der Waals surface area contributed by atoms with Gasteiger partial charge in [-0.05, 0) is 36.5 Å². The summed E-state index contributed by atoms with van der Waals surface area (Å²) in [5.41, 5.74) is 2.23. The number of hydrogen-bond donors (Lipinski definition) is 1. The fourth-order valence-corrected chi connectivity index (χ4v) is 3.20. The molecule has 0 saturated heterocycles. The molecular formula is C15H13N3S2. The van der Waals surface area contributed by atoms with E-state index in [-0.39, 0.29) is 0 Å². The van der Waals surface area contributed by atoms with Crippen molar-refractivity contribution in [2.45, 2.75) is 0 Å². The maximum absolute atomic E-state index is 5.17. The minimum Gasteiger partial charge on any atom is -0.364 e. The minimum atomic E-state index is 0.487. The highest BCUT2D eigenvalue weighted by Crippen LogP contribution is 2.20. The molecular weight excluding hydrogens is 286 g/mol. The topological polar surface area (TPSA) is 29.3 Å². The summed E-state index contributed by atoms with van der Waals surface area (Å²) in [6, 6.07) is 18.5. The van der Waals surface area contributed by atoms with Gasteiger partial charge in [-0.2, -0.15) is 4.99 Å². The SMILES string of the molecule is CNC(=S)/N=c1\sc2ccccc2n1-c1ccccc1. The smallest absolute Gasteiger partial charge is 0.197 e. The molecule has 1 N–H and O–H groups in total. The van der Waals surface area contributed by atoms with Gasteiger partial charge in [0.05, 0.1) is 10.2 Å². The van der Waals surface area contributed by atoms with Gasteiger partial charge in [0.1, 0.15) is 0 Å². The predicted octanol–water partition coefficient (Wildman–Crippen LogP) is 3.10. The number of aromatic nitrogens is 1. The maximum Gasteiger partial charge on any atom is 0.197 e. The van der Waals surface area contributed by atoms with Crippen LogP contribution >= 0.6 is 23.6 Å². The Balaban J connectivity index is 2.35. The highest BCUT2D eigenvalue weighted by Gasteiger charge is 2.07. The lowest BCUT2D eigenvalue weighted by Crippen LogP contribution is -2.20. The molecule has 0 spiro atoms. The Bertz CT molecular complexity index is 816.